The lowest BCUT2D eigenvalue weighted by molar-refractivity contribution is -0.124. The summed E-state index contributed by atoms with van der Waals surface area (Å²) in [6, 6.07) is 6.88. The second-order valence-electron chi connectivity index (χ2n) is 9.86. The van der Waals surface area contributed by atoms with Crippen LogP contribution in [0.3, 0.4) is 0 Å². The lowest BCUT2D eigenvalue weighted by Crippen LogP contribution is -2.45. The molecule has 1 spiro atoms. The van der Waals surface area contributed by atoms with Gasteiger partial charge in [-0.2, -0.15) is 5.10 Å². The van der Waals surface area contributed by atoms with Gasteiger partial charge in [0.25, 0.3) is 5.91 Å². The van der Waals surface area contributed by atoms with Crippen molar-refractivity contribution in [2.45, 2.75) is 32.2 Å². The number of carbonyl (C=O) groups excluding carboxylic acids is 3. The first kappa shape index (κ1) is 21.4. The molecule has 0 bridgehead atoms. The van der Waals surface area contributed by atoms with Gasteiger partial charge in [0.15, 0.2) is 5.82 Å². The van der Waals surface area contributed by atoms with E-state index in [1.54, 1.807) is 45.9 Å². The van der Waals surface area contributed by atoms with Gasteiger partial charge in [0, 0.05) is 36.8 Å². The zero-order chi connectivity index (χ0) is 23.4. The highest BCUT2D eigenvalue weighted by Crippen LogP contribution is 2.36. The number of aromatic nitrogens is 2. The third kappa shape index (κ3) is 3.74. The fourth-order valence-corrected chi connectivity index (χ4v) is 4.84. The molecule has 0 aliphatic carbocycles. The topological polar surface area (TPSA) is 112 Å². The molecule has 3 aliphatic heterocycles. The molecule has 0 radical (unpaired) electrons. The fraction of sp³-hybridized carbons (Fsp3) is 0.478. The van der Waals surface area contributed by atoms with Crippen molar-refractivity contribution in [3.05, 3.63) is 36.0 Å². The van der Waals surface area contributed by atoms with E-state index < -0.39 is 5.41 Å². The van der Waals surface area contributed by atoms with Crippen molar-refractivity contribution >= 4 is 35.0 Å². The normalized spacial score (nSPS) is 24.1. The van der Waals surface area contributed by atoms with Crippen LogP contribution in [0, 0.1) is 5.41 Å². The van der Waals surface area contributed by atoms with Gasteiger partial charge in [-0.05, 0) is 37.6 Å². The number of hydrogen-bond acceptors (Lipinski definition) is 5. The van der Waals surface area contributed by atoms with Crippen molar-refractivity contribution < 1.29 is 14.4 Å². The Balaban J connectivity index is 1.36. The monoisotopic (exact) mass is 451 g/mol. The quantitative estimate of drug-likeness (QED) is 0.655. The smallest absolute Gasteiger partial charge is 0.322 e. The van der Waals surface area contributed by atoms with E-state index in [2.05, 4.69) is 21.0 Å². The predicted octanol–water partition coefficient (Wildman–Crippen LogP) is 1.70. The van der Waals surface area contributed by atoms with Gasteiger partial charge >= 0.3 is 6.03 Å². The van der Waals surface area contributed by atoms with E-state index in [1.807, 2.05) is 19.9 Å². The summed E-state index contributed by atoms with van der Waals surface area (Å²) in [5.74, 6) is 0.120. The van der Waals surface area contributed by atoms with Crippen molar-refractivity contribution in [3.8, 4) is 0 Å². The second kappa shape index (κ2) is 7.58. The molecule has 2 aromatic rings. The highest BCUT2D eigenvalue weighted by Gasteiger charge is 2.45. The average molecular weight is 452 g/mol. The first-order valence-corrected chi connectivity index (χ1v) is 11.2. The predicted molar refractivity (Wildman–Crippen MR) is 124 cm³/mol. The number of hydrogen-bond donors (Lipinski definition) is 3. The number of anilines is 3. The molecule has 5 rings (SSSR count). The van der Waals surface area contributed by atoms with Crippen LogP contribution in [0.25, 0.3) is 0 Å². The van der Waals surface area contributed by atoms with E-state index in [9.17, 15) is 14.4 Å². The van der Waals surface area contributed by atoms with E-state index >= 15 is 0 Å². The van der Waals surface area contributed by atoms with Crippen molar-refractivity contribution in [1.82, 2.24) is 20.4 Å². The van der Waals surface area contributed by atoms with E-state index in [-0.39, 0.29) is 23.4 Å². The molecule has 1 unspecified atom stereocenters. The first-order chi connectivity index (χ1) is 15.7. The van der Waals surface area contributed by atoms with Crippen molar-refractivity contribution in [2.24, 2.45) is 12.5 Å². The maximum atomic E-state index is 13.1. The molecule has 10 nitrogen and oxygen atoms in total. The SMILES string of the molecule is Cn1cc(NC(=O)c2cccc(N3CC4(CCNC4)NC3=O)c2)c(N2CCC(C)(C)C2=O)n1. The van der Waals surface area contributed by atoms with Crippen molar-refractivity contribution in [2.75, 3.05) is 41.3 Å². The summed E-state index contributed by atoms with van der Waals surface area (Å²) in [5, 5.41) is 13.7. The molecule has 1 aromatic heterocycles. The number of amides is 4. The van der Waals surface area contributed by atoms with Gasteiger partial charge in [0.05, 0.1) is 18.3 Å². The average Bonchev–Trinajstić information content (AvgIpc) is 3.52. The van der Waals surface area contributed by atoms with Crippen LogP contribution in [-0.2, 0) is 11.8 Å². The number of carbonyl (C=O) groups is 3. The Hall–Kier alpha value is -3.40. The molecule has 0 saturated carbocycles. The van der Waals surface area contributed by atoms with Gasteiger partial charge in [-0.1, -0.05) is 19.9 Å². The Labute approximate surface area is 192 Å². The van der Waals surface area contributed by atoms with E-state index in [0.717, 1.165) is 25.9 Å². The number of nitrogens with one attached hydrogen (secondary N) is 3. The van der Waals surface area contributed by atoms with Crippen LogP contribution >= 0.6 is 0 Å². The number of nitrogens with zero attached hydrogens (tertiary/aromatic N) is 4. The molecule has 10 heteroatoms. The minimum atomic E-state index is -0.449. The largest absolute Gasteiger partial charge is 0.329 e. The highest BCUT2D eigenvalue weighted by atomic mass is 16.2. The minimum Gasteiger partial charge on any atom is -0.329 e. The number of benzene rings is 1. The van der Waals surface area contributed by atoms with Crippen LogP contribution in [0.15, 0.2) is 30.5 Å². The van der Waals surface area contributed by atoms with Crippen molar-refractivity contribution in [3.63, 3.8) is 0 Å². The van der Waals surface area contributed by atoms with Gasteiger partial charge in [0.2, 0.25) is 5.91 Å². The van der Waals surface area contributed by atoms with Crippen LogP contribution in [0.5, 0.6) is 0 Å². The standard InChI is InChI=1S/C23H29N7O3/c1-22(2)8-10-29(20(22)32)18-17(12-28(3)27-18)25-19(31)15-5-4-6-16(11-15)30-14-23(26-21(30)33)7-9-24-13-23/h4-6,11-12,24H,7-10,13-14H2,1-3H3,(H,25,31)(H,26,33). The third-order valence-corrected chi connectivity index (χ3v) is 6.84. The summed E-state index contributed by atoms with van der Waals surface area (Å²) in [6.07, 6.45) is 3.30. The minimum absolute atomic E-state index is 0.00549. The molecule has 33 heavy (non-hydrogen) atoms. The first-order valence-electron chi connectivity index (χ1n) is 11.2. The van der Waals surface area contributed by atoms with Gasteiger partial charge in [0.1, 0.15) is 5.69 Å². The summed E-state index contributed by atoms with van der Waals surface area (Å²) in [4.78, 5) is 41.9. The summed E-state index contributed by atoms with van der Waals surface area (Å²) in [7, 11) is 1.76. The Bertz CT molecular complexity index is 1130. The highest BCUT2D eigenvalue weighted by molar-refractivity contribution is 6.09. The van der Waals surface area contributed by atoms with Crippen molar-refractivity contribution in [1.29, 1.82) is 0 Å². The molecule has 3 aliphatic rings. The second-order valence-corrected chi connectivity index (χ2v) is 9.86. The Kier molecular flexibility index (Phi) is 4.93. The summed E-state index contributed by atoms with van der Waals surface area (Å²) >= 11 is 0. The maximum absolute atomic E-state index is 13.1. The summed E-state index contributed by atoms with van der Waals surface area (Å²) in [6.45, 7) is 6.57. The third-order valence-electron chi connectivity index (χ3n) is 6.84. The van der Waals surface area contributed by atoms with Crippen LogP contribution < -0.4 is 25.8 Å². The molecule has 3 fully saturated rings. The number of urea groups is 1. The number of aryl methyl sites for hydroxylation is 1. The molecular weight excluding hydrogens is 422 g/mol. The lowest BCUT2D eigenvalue weighted by Gasteiger charge is -2.21. The maximum Gasteiger partial charge on any atom is 0.322 e. The van der Waals surface area contributed by atoms with Gasteiger partial charge in [-0.15, -0.1) is 0 Å². The molecular formula is C23H29N7O3. The van der Waals surface area contributed by atoms with Gasteiger partial charge in [-0.3, -0.25) is 24.1 Å². The van der Waals surface area contributed by atoms with Crippen LogP contribution in [-0.4, -0.2) is 59.3 Å². The van der Waals surface area contributed by atoms with E-state index in [0.29, 0.717) is 35.8 Å². The van der Waals surface area contributed by atoms with Gasteiger partial charge in [-0.25, -0.2) is 4.79 Å². The molecule has 4 heterocycles. The van der Waals surface area contributed by atoms with Crippen LogP contribution in [0.2, 0.25) is 0 Å². The zero-order valence-electron chi connectivity index (χ0n) is 19.1. The molecule has 1 aromatic carbocycles. The fourth-order valence-electron chi connectivity index (χ4n) is 4.84. The number of rotatable bonds is 4. The Morgan fingerprint density at radius 3 is 2.70 bits per heavy atom. The van der Waals surface area contributed by atoms with E-state index in [1.165, 1.54) is 0 Å². The Morgan fingerprint density at radius 1 is 1.18 bits per heavy atom. The molecule has 3 N–H and O–H groups in total. The van der Waals surface area contributed by atoms with E-state index in [4.69, 9.17) is 0 Å². The summed E-state index contributed by atoms with van der Waals surface area (Å²) < 4.78 is 1.59. The Morgan fingerprint density at radius 2 is 2.00 bits per heavy atom. The van der Waals surface area contributed by atoms with Crippen LogP contribution in [0.4, 0.5) is 22.0 Å². The molecule has 4 amide bonds. The lowest BCUT2D eigenvalue weighted by atomic mass is 9.92. The van der Waals surface area contributed by atoms with Crippen LogP contribution in [0.1, 0.15) is 37.0 Å². The molecule has 174 valence electrons. The zero-order valence-corrected chi connectivity index (χ0v) is 19.1. The molecule has 3 saturated heterocycles. The van der Waals surface area contributed by atoms with Gasteiger partial charge < -0.3 is 16.0 Å². The molecule has 1 atom stereocenters. The summed E-state index contributed by atoms with van der Waals surface area (Å²) in [5.41, 5.74) is 0.875.